The van der Waals surface area contributed by atoms with E-state index in [9.17, 15) is 4.79 Å². The third kappa shape index (κ3) is 2.52. The van der Waals surface area contributed by atoms with Gasteiger partial charge in [0.05, 0.1) is 18.2 Å². The van der Waals surface area contributed by atoms with E-state index in [4.69, 9.17) is 4.42 Å². The van der Waals surface area contributed by atoms with Crippen LogP contribution in [0.2, 0.25) is 0 Å². The average molecular weight is 349 g/mol. The molecule has 26 heavy (non-hydrogen) atoms. The van der Waals surface area contributed by atoms with Crippen molar-refractivity contribution in [3.63, 3.8) is 0 Å². The molecule has 0 spiro atoms. The highest BCUT2D eigenvalue weighted by Crippen LogP contribution is 2.65. The Morgan fingerprint density at radius 1 is 1.12 bits per heavy atom. The van der Waals surface area contributed by atoms with Gasteiger partial charge in [-0.05, 0) is 80.4 Å². The summed E-state index contributed by atoms with van der Waals surface area (Å²) in [5, 5.41) is 3.19. The molecule has 4 aliphatic rings. The van der Waals surface area contributed by atoms with Crippen molar-refractivity contribution in [3.8, 4) is 0 Å². The summed E-state index contributed by atoms with van der Waals surface area (Å²) in [6.07, 6.45) is 8.67. The summed E-state index contributed by atoms with van der Waals surface area (Å²) < 4.78 is 5.39. The van der Waals surface area contributed by atoms with Crippen LogP contribution in [0.4, 0.5) is 0 Å². The number of carbonyl (C=O) groups is 1. The van der Waals surface area contributed by atoms with Gasteiger partial charge in [-0.15, -0.1) is 0 Å². The van der Waals surface area contributed by atoms with Crippen LogP contribution in [0.25, 0.3) is 0 Å². The monoisotopic (exact) mass is 349 g/mol. The molecule has 1 heterocycles. The SMILES string of the molecule is Cc1ccc(C23C[C@@H]4C[C@H](CC(C(=O)NCc5ccco5)(C4)C2)C3)cc1. The van der Waals surface area contributed by atoms with Crippen molar-refractivity contribution in [2.24, 2.45) is 17.3 Å². The summed E-state index contributed by atoms with van der Waals surface area (Å²) in [6, 6.07) is 12.9. The molecule has 0 aliphatic heterocycles. The minimum Gasteiger partial charge on any atom is -0.467 e. The molecule has 4 aliphatic carbocycles. The molecule has 1 N–H and O–H groups in total. The lowest BCUT2D eigenvalue weighted by Crippen LogP contribution is -2.59. The van der Waals surface area contributed by atoms with Gasteiger partial charge in [-0.2, -0.15) is 0 Å². The maximum Gasteiger partial charge on any atom is 0.226 e. The molecule has 0 radical (unpaired) electrons. The van der Waals surface area contributed by atoms with Crippen molar-refractivity contribution < 1.29 is 9.21 Å². The van der Waals surface area contributed by atoms with Crippen LogP contribution in [0.3, 0.4) is 0 Å². The highest BCUT2D eigenvalue weighted by atomic mass is 16.3. The Morgan fingerprint density at radius 3 is 2.50 bits per heavy atom. The summed E-state index contributed by atoms with van der Waals surface area (Å²) in [5.41, 5.74) is 2.80. The van der Waals surface area contributed by atoms with Crippen LogP contribution < -0.4 is 5.32 Å². The molecule has 4 saturated carbocycles. The van der Waals surface area contributed by atoms with Gasteiger partial charge in [0.2, 0.25) is 5.91 Å². The molecule has 0 saturated heterocycles. The van der Waals surface area contributed by atoms with Gasteiger partial charge in [-0.3, -0.25) is 4.79 Å². The predicted molar refractivity (Wildman–Crippen MR) is 101 cm³/mol. The number of benzene rings is 1. The van der Waals surface area contributed by atoms with Crippen molar-refractivity contribution in [2.75, 3.05) is 0 Å². The molecule has 1 aromatic heterocycles. The fourth-order valence-corrected chi connectivity index (χ4v) is 6.54. The Bertz CT molecular complexity index is 791. The molecule has 3 nitrogen and oxygen atoms in total. The van der Waals surface area contributed by atoms with Gasteiger partial charge in [0.25, 0.3) is 0 Å². The average Bonchev–Trinajstić information content (AvgIpc) is 3.12. The molecule has 136 valence electrons. The largest absolute Gasteiger partial charge is 0.467 e. The summed E-state index contributed by atoms with van der Waals surface area (Å²) in [7, 11) is 0. The maximum absolute atomic E-state index is 13.3. The summed E-state index contributed by atoms with van der Waals surface area (Å²) >= 11 is 0. The first-order valence-electron chi connectivity index (χ1n) is 9.95. The fourth-order valence-electron chi connectivity index (χ4n) is 6.54. The Kier molecular flexibility index (Phi) is 3.57. The van der Waals surface area contributed by atoms with E-state index in [1.54, 1.807) is 6.26 Å². The molecule has 2 atom stereocenters. The van der Waals surface area contributed by atoms with Gasteiger partial charge in [0.1, 0.15) is 5.76 Å². The van der Waals surface area contributed by atoms with E-state index in [2.05, 4.69) is 36.5 Å². The van der Waals surface area contributed by atoms with Crippen molar-refractivity contribution in [3.05, 3.63) is 59.5 Å². The number of nitrogens with one attached hydrogen (secondary N) is 1. The van der Waals surface area contributed by atoms with Crippen LogP contribution in [-0.4, -0.2) is 5.91 Å². The van der Waals surface area contributed by atoms with Gasteiger partial charge in [0, 0.05) is 0 Å². The Morgan fingerprint density at radius 2 is 1.85 bits per heavy atom. The summed E-state index contributed by atoms with van der Waals surface area (Å²) in [4.78, 5) is 13.3. The highest BCUT2D eigenvalue weighted by Gasteiger charge is 2.60. The second kappa shape index (κ2) is 5.73. The highest BCUT2D eigenvalue weighted by molar-refractivity contribution is 5.83. The van der Waals surface area contributed by atoms with Crippen LogP contribution in [0, 0.1) is 24.2 Å². The predicted octanol–water partition coefficient (Wildman–Crippen LogP) is 4.74. The fraction of sp³-hybridized carbons (Fsp3) is 0.522. The molecule has 6 rings (SSSR count). The molecule has 0 unspecified atom stereocenters. The van der Waals surface area contributed by atoms with Gasteiger partial charge >= 0.3 is 0 Å². The second-order valence-electron chi connectivity index (χ2n) is 9.15. The molecule has 2 aromatic rings. The standard InChI is InChI=1S/C23H27NO2/c1-16-4-6-19(7-5-16)22-10-17-9-18(11-22)13-23(12-17,15-22)21(25)24-14-20-3-2-8-26-20/h2-8,17-18H,9-15H2,1H3,(H,24,25)/t17-,18-,22?,23?/m0/s1. The van der Waals surface area contributed by atoms with Crippen molar-refractivity contribution in [1.82, 2.24) is 5.32 Å². The molecular formula is C23H27NO2. The summed E-state index contributed by atoms with van der Waals surface area (Å²) in [6.45, 7) is 2.65. The zero-order valence-electron chi connectivity index (χ0n) is 15.5. The lowest BCUT2D eigenvalue weighted by Gasteiger charge is -2.61. The van der Waals surface area contributed by atoms with Crippen LogP contribution in [0.5, 0.6) is 0 Å². The molecule has 4 bridgehead atoms. The van der Waals surface area contributed by atoms with E-state index < -0.39 is 0 Å². The number of hydrogen-bond acceptors (Lipinski definition) is 2. The first kappa shape index (κ1) is 16.2. The van der Waals surface area contributed by atoms with Gasteiger partial charge in [0.15, 0.2) is 0 Å². The van der Waals surface area contributed by atoms with Crippen LogP contribution in [0.1, 0.15) is 55.4 Å². The second-order valence-corrected chi connectivity index (χ2v) is 9.15. The van der Waals surface area contributed by atoms with Crippen molar-refractivity contribution in [2.45, 2.75) is 57.4 Å². The van der Waals surface area contributed by atoms with Crippen molar-refractivity contribution in [1.29, 1.82) is 0 Å². The summed E-state index contributed by atoms with van der Waals surface area (Å²) in [5.74, 6) is 2.48. The Hall–Kier alpha value is -2.03. The number of hydrogen-bond donors (Lipinski definition) is 1. The number of rotatable bonds is 4. The molecule has 4 fully saturated rings. The normalized spacial score (nSPS) is 34.8. The quantitative estimate of drug-likeness (QED) is 0.866. The first-order chi connectivity index (χ1) is 12.6. The smallest absolute Gasteiger partial charge is 0.226 e. The molecule has 1 aromatic carbocycles. The van der Waals surface area contributed by atoms with E-state index >= 15 is 0 Å². The lowest BCUT2D eigenvalue weighted by molar-refractivity contribution is -0.149. The molecule has 1 amide bonds. The molecule has 3 heteroatoms. The van der Waals surface area contributed by atoms with Crippen LogP contribution >= 0.6 is 0 Å². The Labute approximate surface area is 155 Å². The Balaban J connectivity index is 1.43. The van der Waals surface area contributed by atoms with Crippen LogP contribution in [-0.2, 0) is 16.8 Å². The molecular weight excluding hydrogens is 322 g/mol. The number of amides is 1. The topological polar surface area (TPSA) is 42.2 Å². The third-order valence-electron chi connectivity index (χ3n) is 7.21. The van der Waals surface area contributed by atoms with E-state index in [1.807, 2.05) is 12.1 Å². The first-order valence-corrected chi connectivity index (χ1v) is 9.95. The van der Waals surface area contributed by atoms with Crippen molar-refractivity contribution >= 4 is 5.91 Å². The van der Waals surface area contributed by atoms with Gasteiger partial charge in [-0.25, -0.2) is 0 Å². The number of aryl methyl sites for hydroxylation is 1. The third-order valence-corrected chi connectivity index (χ3v) is 7.21. The maximum atomic E-state index is 13.3. The van der Waals surface area contributed by atoms with E-state index in [1.165, 1.54) is 30.4 Å². The lowest BCUT2D eigenvalue weighted by atomic mass is 9.42. The van der Waals surface area contributed by atoms with E-state index in [-0.39, 0.29) is 16.7 Å². The zero-order valence-corrected chi connectivity index (χ0v) is 15.5. The van der Waals surface area contributed by atoms with Crippen LogP contribution in [0.15, 0.2) is 47.1 Å². The van der Waals surface area contributed by atoms with E-state index in [0.717, 1.165) is 25.0 Å². The van der Waals surface area contributed by atoms with E-state index in [0.29, 0.717) is 18.4 Å². The van der Waals surface area contributed by atoms with Gasteiger partial charge < -0.3 is 9.73 Å². The zero-order chi connectivity index (χ0) is 17.8. The number of carbonyl (C=O) groups excluding carboxylic acids is 1. The minimum atomic E-state index is -0.179. The minimum absolute atomic E-state index is 0.179. The van der Waals surface area contributed by atoms with Gasteiger partial charge in [-0.1, -0.05) is 29.8 Å². The number of furan rings is 1.